The topological polar surface area (TPSA) is 72.2 Å². The molecule has 4 nitrogen and oxygen atoms in total. The number of rotatable bonds is 4. The van der Waals surface area contributed by atoms with Gasteiger partial charge < -0.3 is 11.1 Å². The molecule has 5 heteroatoms. The minimum atomic E-state index is -0.609. The van der Waals surface area contributed by atoms with Crippen LogP contribution in [0.1, 0.15) is 28.8 Å². The Morgan fingerprint density at radius 1 is 1.28 bits per heavy atom. The third-order valence-corrected chi connectivity index (χ3v) is 4.60. The van der Waals surface area contributed by atoms with E-state index in [4.69, 9.17) is 5.73 Å². The standard InChI is InChI=1S/C13H18N2O2S/c14-13(16)11-3-1-10(2-4-11)9-15-12-5-7-18(17)8-6-12/h1-4,12,15H,5-9H2,(H2,14,16). The van der Waals surface area contributed by atoms with Crippen molar-refractivity contribution in [1.82, 2.24) is 5.32 Å². The van der Waals surface area contributed by atoms with Gasteiger partial charge in [-0.1, -0.05) is 12.1 Å². The van der Waals surface area contributed by atoms with Gasteiger partial charge in [0.25, 0.3) is 0 Å². The van der Waals surface area contributed by atoms with E-state index in [2.05, 4.69) is 5.32 Å². The summed E-state index contributed by atoms with van der Waals surface area (Å²) >= 11 is 0. The van der Waals surface area contributed by atoms with Gasteiger partial charge in [0, 0.05) is 40.5 Å². The van der Waals surface area contributed by atoms with Crippen LogP contribution in [0.2, 0.25) is 0 Å². The first kappa shape index (κ1) is 13.2. The molecule has 1 heterocycles. The summed E-state index contributed by atoms with van der Waals surface area (Å²) in [5.41, 5.74) is 6.85. The van der Waals surface area contributed by atoms with Crippen LogP contribution in [0.5, 0.6) is 0 Å². The molecule has 1 aliphatic rings. The van der Waals surface area contributed by atoms with Gasteiger partial charge in [0.05, 0.1) is 0 Å². The summed E-state index contributed by atoms with van der Waals surface area (Å²) in [7, 11) is -0.609. The normalized spacial score (nSPS) is 23.8. The highest BCUT2D eigenvalue weighted by molar-refractivity contribution is 7.85. The Morgan fingerprint density at radius 2 is 1.89 bits per heavy atom. The first-order valence-electron chi connectivity index (χ1n) is 6.12. The lowest BCUT2D eigenvalue weighted by molar-refractivity contribution is 0.100. The quantitative estimate of drug-likeness (QED) is 0.846. The molecule has 1 fully saturated rings. The molecule has 18 heavy (non-hydrogen) atoms. The van der Waals surface area contributed by atoms with Crippen molar-refractivity contribution in [2.75, 3.05) is 11.5 Å². The summed E-state index contributed by atoms with van der Waals surface area (Å²) in [6.07, 6.45) is 1.96. The fourth-order valence-electron chi connectivity index (χ4n) is 2.05. The Balaban J connectivity index is 1.83. The van der Waals surface area contributed by atoms with Gasteiger partial charge >= 0.3 is 0 Å². The largest absolute Gasteiger partial charge is 0.366 e. The number of nitrogens with one attached hydrogen (secondary N) is 1. The molecule has 0 spiro atoms. The first-order valence-corrected chi connectivity index (χ1v) is 7.61. The number of carbonyl (C=O) groups is 1. The number of nitrogens with two attached hydrogens (primary N) is 1. The van der Waals surface area contributed by atoms with Crippen molar-refractivity contribution in [2.24, 2.45) is 5.73 Å². The zero-order chi connectivity index (χ0) is 13.0. The van der Waals surface area contributed by atoms with Gasteiger partial charge in [-0.15, -0.1) is 0 Å². The van der Waals surface area contributed by atoms with Gasteiger partial charge in [-0.05, 0) is 30.5 Å². The number of carbonyl (C=O) groups excluding carboxylic acids is 1. The van der Waals surface area contributed by atoms with E-state index in [1.807, 2.05) is 12.1 Å². The van der Waals surface area contributed by atoms with E-state index in [0.717, 1.165) is 36.5 Å². The fourth-order valence-corrected chi connectivity index (χ4v) is 3.35. The SMILES string of the molecule is NC(=O)c1ccc(CNC2CCS(=O)CC2)cc1. The molecule has 0 radical (unpaired) electrons. The van der Waals surface area contributed by atoms with Crippen molar-refractivity contribution in [1.29, 1.82) is 0 Å². The van der Waals surface area contributed by atoms with Gasteiger partial charge in [0.15, 0.2) is 0 Å². The molecule has 0 saturated carbocycles. The molecule has 2 rings (SSSR count). The smallest absolute Gasteiger partial charge is 0.248 e. The summed E-state index contributed by atoms with van der Waals surface area (Å²) in [5, 5.41) is 3.46. The molecule has 1 aromatic rings. The highest BCUT2D eigenvalue weighted by atomic mass is 32.2. The molecular weight excluding hydrogens is 248 g/mol. The van der Waals surface area contributed by atoms with Crippen LogP contribution >= 0.6 is 0 Å². The molecule has 1 amide bonds. The van der Waals surface area contributed by atoms with Crippen molar-refractivity contribution in [3.8, 4) is 0 Å². The molecule has 1 aliphatic heterocycles. The molecule has 1 saturated heterocycles. The minimum Gasteiger partial charge on any atom is -0.366 e. The predicted molar refractivity (Wildman–Crippen MR) is 72.7 cm³/mol. The Morgan fingerprint density at radius 3 is 2.44 bits per heavy atom. The van der Waals surface area contributed by atoms with Gasteiger partial charge in [0.1, 0.15) is 0 Å². The van der Waals surface area contributed by atoms with E-state index in [0.29, 0.717) is 11.6 Å². The van der Waals surface area contributed by atoms with Crippen molar-refractivity contribution < 1.29 is 9.00 Å². The number of hydrogen-bond donors (Lipinski definition) is 2. The van der Waals surface area contributed by atoms with E-state index in [1.165, 1.54) is 0 Å². The number of hydrogen-bond acceptors (Lipinski definition) is 3. The van der Waals surface area contributed by atoms with Gasteiger partial charge in [0.2, 0.25) is 5.91 Å². The predicted octanol–water partition coefficient (Wildman–Crippen LogP) is 0.786. The zero-order valence-corrected chi connectivity index (χ0v) is 11.0. The number of benzene rings is 1. The molecular formula is C13H18N2O2S. The van der Waals surface area contributed by atoms with E-state index in [9.17, 15) is 9.00 Å². The van der Waals surface area contributed by atoms with Crippen LogP contribution < -0.4 is 11.1 Å². The lowest BCUT2D eigenvalue weighted by Crippen LogP contribution is -2.35. The fraction of sp³-hybridized carbons (Fsp3) is 0.462. The lowest BCUT2D eigenvalue weighted by Gasteiger charge is -2.22. The maximum Gasteiger partial charge on any atom is 0.248 e. The second-order valence-corrected chi connectivity index (χ2v) is 6.26. The molecule has 0 aliphatic carbocycles. The monoisotopic (exact) mass is 266 g/mol. The maximum atomic E-state index is 11.2. The van der Waals surface area contributed by atoms with Crippen LogP contribution in [0.4, 0.5) is 0 Å². The molecule has 1 aromatic carbocycles. The summed E-state index contributed by atoms with van der Waals surface area (Å²) in [6.45, 7) is 0.774. The van der Waals surface area contributed by atoms with Gasteiger partial charge in [-0.3, -0.25) is 9.00 Å². The van der Waals surface area contributed by atoms with Crippen LogP contribution in [-0.2, 0) is 17.3 Å². The van der Waals surface area contributed by atoms with Crippen molar-refractivity contribution in [3.05, 3.63) is 35.4 Å². The Hall–Kier alpha value is -1.20. The van der Waals surface area contributed by atoms with Crippen LogP contribution in [0.3, 0.4) is 0 Å². The zero-order valence-electron chi connectivity index (χ0n) is 10.2. The average molecular weight is 266 g/mol. The van der Waals surface area contributed by atoms with Crippen molar-refractivity contribution in [3.63, 3.8) is 0 Å². The summed E-state index contributed by atoms with van der Waals surface area (Å²) < 4.78 is 11.2. The van der Waals surface area contributed by atoms with E-state index in [1.54, 1.807) is 12.1 Å². The van der Waals surface area contributed by atoms with Crippen LogP contribution in [0.15, 0.2) is 24.3 Å². The van der Waals surface area contributed by atoms with Gasteiger partial charge in [-0.25, -0.2) is 0 Å². The molecule has 0 atom stereocenters. The van der Waals surface area contributed by atoms with Crippen molar-refractivity contribution in [2.45, 2.75) is 25.4 Å². The minimum absolute atomic E-state index is 0.399. The van der Waals surface area contributed by atoms with Crippen LogP contribution in [0, 0.1) is 0 Å². The molecule has 0 aromatic heterocycles. The van der Waals surface area contributed by atoms with Gasteiger partial charge in [-0.2, -0.15) is 0 Å². The highest BCUT2D eigenvalue weighted by Gasteiger charge is 2.16. The molecule has 98 valence electrons. The summed E-state index contributed by atoms with van der Waals surface area (Å²) in [4.78, 5) is 10.9. The van der Waals surface area contributed by atoms with E-state index < -0.39 is 16.7 Å². The third-order valence-electron chi connectivity index (χ3n) is 3.22. The molecule has 0 bridgehead atoms. The summed E-state index contributed by atoms with van der Waals surface area (Å²) in [5.74, 6) is 1.21. The molecule has 0 unspecified atom stereocenters. The van der Waals surface area contributed by atoms with E-state index in [-0.39, 0.29) is 0 Å². The Kier molecular flexibility index (Phi) is 4.49. The van der Waals surface area contributed by atoms with Crippen LogP contribution in [-0.4, -0.2) is 27.7 Å². The maximum absolute atomic E-state index is 11.2. The lowest BCUT2D eigenvalue weighted by atomic mass is 10.1. The average Bonchev–Trinajstić information content (AvgIpc) is 2.38. The number of primary amides is 1. The summed E-state index contributed by atoms with van der Waals surface area (Å²) in [6, 6.07) is 7.77. The second kappa shape index (κ2) is 6.11. The third kappa shape index (κ3) is 3.65. The highest BCUT2D eigenvalue weighted by Crippen LogP contribution is 2.10. The van der Waals surface area contributed by atoms with E-state index >= 15 is 0 Å². The van der Waals surface area contributed by atoms with Crippen molar-refractivity contribution >= 4 is 16.7 Å². The second-order valence-electron chi connectivity index (χ2n) is 4.56. The number of amides is 1. The Labute approximate surface area is 109 Å². The van der Waals surface area contributed by atoms with Crippen LogP contribution in [0.25, 0.3) is 0 Å². The Bertz CT molecular complexity index is 435. The molecule has 3 N–H and O–H groups in total. The first-order chi connectivity index (χ1) is 8.65.